The molecule has 0 saturated carbocycles. The predicted octanol–water partition coefficient (Wildman–Crippen LogP) is 6.22. The number of rotatable bonds is 9. The summed E-state index contributed by atoms with van der Waals surface area (Å²) in [6.45, 7) is 0.302. The summed E-state index contributed by atoms with van der Waals surface area (Å²) in [7, 11) is 3.16. The van der Waals surface area contributed by atoms with Crippen LogP contribution in [0.4, 0.5) is 10.1 Å². The monoisotopic (exact) mass is 588 g/mol. The molecule has 0 spiro atoms. The van der Waals surface area contributed by atoms with Crippen LogP contribution >= 0.6 is 11.6 Å². The van der Waals surface area contributed by atoms with Crippen molar-refractivity contribution in [2.24, 2.45) is 0 Å². The number of carbonyl (C=O) groups is 2. The maximum atomic E-state index is 14.1. The molecule has 1 N–H and O–H groups in total. The minimum absolute atomic E-state index is 0.0177. The molecule has 2 amide bonds. The van der Waals surface area contributed by atoms with Gasteiger partial charge in [-0.1, -0.05) is 72.3 Å². The molecule has 0 fully saturated rings. The number of halogens is 2. The van der Waals surface area contributed by atoms with Crippen molar-refractivity contribution in [3.05, 3.63) is 124 Å². The fourth-order valence-corrected chi connectivity index (χ4v) is 5.11. The minimum atomic E-state index is -1.15. The van der Waals surface area contributed by atoms with Crippen LogP contribution in [0.2, 0.25) is 5.02 Å². The molecule has 1 heterocycles. The molecule has 7 nitrogen and oxygen atoms in total. The summed E-state index contributed by atoms with van der Waals surface area (Å²) in [6, 6.07) is 26.5. The van der Waals surface area contributed by atoms with E-state index in [1.165, 1.54) is 18.1 Å². The molecule has 9 heteroatoms. The number of anilines is 1. The van der Waals surface area contributed by atoms with E-state index in [1.807, 2.05) is 42.5 Å². The second-order valence-corrected chi connectivity index (χ2v) is 10.3. The van der Waals surface area contributed by atoms with Crippen molar-refractivity contribution in [3.63, 3.8) is 0 Å². The molecule has 1 aliphatic rings. The molecule has 0 unspecified atom stereocenters. The lowest BCUT2D eigenvalue weighted by Crippen LogP contribution is -2.40. The third kappa shape index (κ3) is 6.40. The Labute approximate surface area is 248 Å². The molecule has 0 radical (unpaired) electrons. The molecule has 5 rings (SSSR count). The second-order valence-electron chi connectivity index (χ2n) is 9.83. The van der Waals surface area contributed by atoms with E-state index < -0.39 is 29.8 Å². The lowest BCUT2D eigenvalue weighted by molar-refractivity contribution is -0.137. The minimum Gasteiger partial charge on any atom is -0.492 e. The van der Waals surface area contributed by atoms with Gasteiger partial charge >= 0.3 is 0 Å². The third-order valence-electron chi connectivity index (χ3n) is 7.08. The van der Waals surface area contributed by atoms with E-state index in [4.69, 9.17) is 25.8 Å². The molecule has 4 aromatic rings. The van der Waals surface area contributed by atoms with Crippen molar-refractivity contribution in [2.75, 3.05) is 19.1 Å². The van der Waals surface area contributed by atoms with Crippen molar-refractivity contribution in [1.82, 2.24) is 5.32 Å². The highest BCUT2D eigenvalue weighted by Crippen LogP contribution is 2.45. The zero-order valence-corrected chi connectivity index (χ0v) is 23.9. The number of nitrogens with zero attached hydrogens (tertiary/aromatic N) is 1. The Morgan fingerprint density at radius 3 is 2.52 bits per heavy atom. The summed E-state index contributed by atoms with van der Waals surface area (Å²) in [5.41, 5.74) is 3.15. The van der Waals surface area contributed by atoms with Crippen LogP contribution in [-0.2, 0) is 27.5 Å². The maximum Gasteiger partial charge on any atom is 0.256 e. The van der Waals surface area contributed by atoms with Crippen LogP contribution in [0.5, 0.6) is 11.5 Å². The number of amides is 2. The molecule has 1 aliphatic heterocycles. The highest BCUT2D eigenvalue weighted by atomic mass is 35.5. The van der Waals surface area contributed by atoms with Gasteiger partial charge in [0.2, 0.25) is 5.91 Å². The van der Waals surface area contributed by atoms with Crippen LogP contribution in [0.15, 0.2) is 91.0 Å². The largest absolute Gasteiger partial charge is 0.492 e. The number of nitrogens with one attached hydrogen (secondary N) is 1. The van der Waals surface area contributed by atoms with E-state index in [-0.39, 0.29) is 13.0 Å². The van der Waals surface area contributed by atoms with Crippen LogP contribution in [0.3, 0.4) is 0 Å². The number of methoxy groups -OCH3 is 1. The fraction of sp³-hybridized carbons (Fsp3) is 0.212. The van der Waals surface area contributed by atoms with Crippen molar-refractivity contribution in [1.29, 1.82) is 0 Å². The van der Waals surface area contributed by atoms with Crippen LogP contribution in [0.25, 0.3) is 0 Å². The zero-order valence-electron chi connectivity index (χ0n) is 23.2. The first kappa shape index (κ1) is 29.1. The van der Waals surface area contributed by atoms with Gasteiger partial charge in [0.25, 0.3) is 5.91 Å². The van der Waals surface area contributed by atoms with Gasteiger partial charge in [0.15, 0.2) is 11.5 Å². The van der Waals surface area contributed by atoms with E-state index in [0.717, 1.165) is 5.56 Å². The molecule has 0 aliphatic carbocycles. The number of carbonyl (C=O) groups excluding carboxylic acids is 2. The summed E-state index contributed by atoms with van der Waals surface area (Å²) < 4.78 is 32.5. The molecule has 0 bridgehead atoms. The number of para-hydroxylation sites is 1. The maximum absolute atomic E-state index is 14.1. The lowest BCUT2D eigenvalue weighted by Gasteiger charge is -2.24. The molecule has 0 aromatic heterocycles. The first-order valence-corrected chi connectivity index (χ1v) is 13.8. The molecule has 216 valence electrons. The topological polar surface area (TPSA) is 77.1 Å². The summed E-state index contributed by atoms with van der Waals surface area (Å²) in [5.74, 6) is -0.358. The number of ether oxygens (including phenoxy) is 3. The summed E-state index contributed by atoms with van der Waals surface area (Å²) in [5, 5.41) is 3.15. The van der Waals surface area contributed by atoms with Crippen molar-refractivity contribution < 1.29 is 28.2 Å². The average molecular weight is 589 g/mol. The van der Waals surface area contributed by atoms with Crippen LogP contribution < -0.4 is 19.7 Å². The first-order valence-electron chi connectivity index (χ1n) is 13.4. The van der Waals surface area contributed by atoms with Gasteiger partial charge in [-0.3, -0.25) is 9.59 Å². The van der Waals surface area contributed by atoms with Gasteiger partial charge in [-0.2, -0.15) is 0 Å². The number of likely N-dealkylation sites (N-methyl/N-ethyl adjacent to an activating group) is 1. The van der Waals surface area contributed by atoms with E-state index in [9.17, 15) is 14.0 Å². The Hall–Kier alpha value is -4.40. The van der Waals surface area contributed by atoms with E-state index >= 15 is 0 Å². The molecule has 42 heavy (non-hydrogen) atoms. The highest BCUT2D eigenvalue weighted by Gasteiger charge is 2.37. The van der Waals surface area contributed by atoms with Crippen LogP contribution in [0.1, 0.15) is 34.8 Å². The SMILES string of the molecule is COc1c(OCc2ccccc2)cccc1[C@H]1O[C@H](CC(=O)NCc2ccccc2F)C(=O)N(C)c2ccc(Cl)cc21. The van der Waals surface area contributed by atoms with Crippen molar-refractivity contribution in [3.8, 4) is 11.5 Å². The Morgan fingerprint density at radius 1 is 1.00 bits per heavy atom. The molecule has 4 aromatic carbocycles. The van der Waals surface area contributed by atoms with Gasteiger partial charge in [-0.25, -0.2) is 4.39 Å². The highest BCUT2D eigenvalue weighted by molar-refractivity contribution is 6.30. The predicted molar refractivity (Wildman–Crippen MR) is 158 cm³/mol. The van der Waals surface area contributed by atoms with Gasteiger partial charge in [0.05, 0.1) is 13.5 Å². The van der Waals surface area contributed by atoms with Crippen molar-refractivity contribution in [2.45, 2.75) is 31.8 Å². The Bertz CT molecular complexity index is 1580. The Balaban J connectivity index is 1.46. The molecular formula is C33H30ClFN2O5. The molecular weight excluding hydrogens is 559 g/mol. The van der Waals surface area contributed by atoms with Crippen LogP contribution in [0, 0.1) is 5.82 Å². The summed E-state index contributed by atoms with van der Waals surface area (Å²) >= 11 is 6.41. The number of benzene rings is 4. The molecule has 2 atom stereocenters. The Morgan fingerprint density at radius 2 is 1.76 bits per heavy atom. The van der Waals surface area contributed by atoms with Gasteiger partial charge in [-0.15, -0.1) is 0 Å². The lowest BCUT2D eigenvalue weighted by atomic mass is 9.98. The zero-order chi connectivity index (χ0) is 29.6. The fourth-order valence-electron chi connectivity index (χ4n) is 4.93. The van der Waals surface area contributed by atoms with Gasteiger partial charge in [0.1, 0.15) is 24.6 Å². The average Bonchev–Trinajstić information content (AvgIpc) is 3.10. The number of hydrogen-bond donors (Lipinski definition) is 1. The molecule has 0 saturated heterocycles. The summed E-state index contributed by atoms with van der Waals surface area (Å²) in [4.78, 5) is 28.0. The normalized spacial score (nSPS) is 16.4. The number of hydrogen-bond acceptors (Lipinski definition) is 5. The second kappa shape index (κ2) is 13.1. The smallest absolute Gasteiger partial charge is 0.256 e. The van der Waals surface area contributed by atoms with Gasteiger partial charge in [0, 0.05) is 41.0 Å². The first-order chi connectivity index (χ1) is 20.4. The van der Waals surface area contributed by atoms with E-state index in [2.05, 4.69) is 5.32 Å². The number of fused-ring (bicyclic) bond motifs is 1. The summed E-state index contributed by atoms with van der Waals surface area (Å²) in [6.07, 6.45) is -2.25. The van der Waals surface area contributed by atoms with Crippen LogP contribution in [-0.4, -0.2) is 32.1 Å². The van der Waals surface area contributed by atoms with Gasteiger partial charge in [-0.05, 0) is 35.9 Å². The van der Waals surface area contributed by atoms with E-state index in [0.29, 0.717) is 45.5 Å². The standard InChI is InChI=1S/C33H30ClFN2O5/c1-37-27-16-15-23(34)17-25(27)31(24-12-8-14-28(32(24)40-2)41-20-21-9-4-3-5-10-21)42-29(33(37)39)18-30(38)36-19-22-11-6-7-13-26(22)35/h3-17,29,31H,18-20H2,1-2H3,(H,36,38)/t29-,31-/m1/s1. The Kier molecular flexibility index (Phi) is 9.05. The van der Waals surface area contributed by atoms with Gasteiger partial charge < -0.3 is 24.4 Å². The quantitative estimate of drug-likeness (QED) is 0.251. The van der Waals surface area contributed by atoms with Crippen molar-refractivity contribution >= 4 is 29.1 Å². The third-order valence-corrected chi connectivity index (χ3v) is 7.31. The van der Waals surface area contributed by atoms with E-state index in [1.54, 1.807) is 49.5 Å².